The Labute approximate surface area is 139 Å². The highest BCUT2D eigenvalue weighted by atomic mass is 32.2. The summed E-state index contributed by atoms with van der Waals surface area (Å²) in [5.41, 5.74) is 0.254. The minimum Gasteiger partial charge on any atom is -0.443 e. The Balaban J connectivity index is 2.02. The first kappa shape index (κ1) is 18.0. The monoisotopic (exact) mass is 345 g/mol. The molecule has 7 heteroatoms. The number of carbonyl (C=O) groups excluding carboxylic acids is 1. The van der Waals surface area contributed by atoms with E-state index >= 15 is 0 Å². The van der Waals surface area contributed by atoms with E-state index in [2.05, 4.69) is 0 Å². The molecular weight excluding hydrogens is 324 g/mol. The molecule has 0 radical (unpaired) electrons. The molecule has 23 heavy (non-hydrogen) atoms. The van der Waals surface area contributed by atoms with Crippen LogP contribution in [0.4, 0.5) is 13.6 Å². The molecule has 2 rings (SSSR count). The van der Waals surface area contributed by atoms with Crippen molar-refractivity contribution in [3.63, 3.8) is 0 Å². The molecule has 0 aliphatic carbocycles. The van der Waals surface area contributed by atoms with E-state index in [0.29, 0.717) is 13.0 Å². The van der Waals surface area contributed by atoms with Crippen molar-refractivity contribution in [2.45, 2.75) is 51.7 Å². The molecule has 1 atom stereocenters. The van der Waals surface area contributed by atoms with Gasteiger partial charge in [0.2, 0.25) is 0 Å². The number of amides is 1. The molecule has 128 valence electrons. The lowest BCUT2D eigenvalue weighted by Gasteiger charge is -2.26. The van der Waals surface area contributed by atoms with Crippen molar-refractivity contribution >= 4 is 18.3 Å². The quantitative estimate of drug-likeness (QED) is 0.595. The van der Waals surface area contributed by atoms with Crippen LogP contribution in [0.2, 0.25) is 0 Å². The standard InChI is InChI=1S/C16H21F2NO3S/c1-15(2,3)22-14(20)19-13(10-21-23-19)9-11-5-7-12(8-6-11)16(4,17)18/h5-8,13H,9-10H2,1-4H3/t13-/m0/s1. The minimum atomic E-state index is -2.85. The van der Waals surface area contributed by atoms with Crippen LogP contribution in [-0.4, -0.2) is 28.6 Å². The van der Waals surface area contributed by atoms with Gasteiger partial charge < -0.3 is 4.74 Å². The Morgan fingerprint density at radius 3 is 2.43 bits per heavy atom. The molecule has 0 spiro atoms. The van der Waals surface area contributed by atoms with Crippen LogP contribution >= 0.6 is 12.2 Å². The number of alkyl halides is 2. The number of ether oxygens (including phenoxy) is 1. The van der Waals surface area contributed by atoms with Gasteiger partial charge in [-0.05, 0) is 32.8 Å². The normalized spacial score (nSPS) is 19.0. The van der Waals surface area contributed by atoms with E-state index in [-0.39, 0.29) is 11.6 Å². The second-order valence-corrected chi connectivity index (χ2v) is 7.39. The van der Waals surface area contributed by atoms with Crippen molar-refractivity contribution in [2.24, 2.45) is 0 Å². The molecule has 1 aliphatic heterocycles. The summed E-state index contributed by atoms with van der Waals surface area (Å²) in [7, 11) is 0. The highest BCUT2D eigenvalue weighted by Gasteiger charge is 2.35. The van der Waals surface area contributed by atoms with Gasteiger partial charge in [0.1, 0.15) is 17.8 Å². The van der Waals surface area contributed by atoms with Gasteiger partial charge in [-0.3, -0.25) is 4.18 Å². The average molecular weight is 345 g/mol. The third-order valence-electron chi connectivity index (χ3n) is 3.23. The molecule has 0 unspecified atom stereocenters. The van der Waals surface area contributed by atoms with E-state index in [4.69, 9.17) is 8.92 Å². The molecule has 1 aromatic carbocycles. The molecule has 1 amide bonds. The number of carbonyl (C=O) groups is 1. The Morgan fingerprint density at radius 1 is 1.30 bits per heavy atom. The first-order valence-corrected chi connectivity index (χ1v) is 8.05. The van der Waals surface area contributed by atoms with Crippen molar-refractivity contribution in [1.82, 2.24) is 4.31 Å². The smallest absolute Gasteiger partial charge is 0.422 e. The fraction of sp³-hybridized carbons (Fsp3) is 0.562. The van der Waals surface area contributed by atoms with Crippen LogP contribution in [0, 0.1) is 0 Å². The van der Waals surface area contributed by atoms with Gasteiger partial charge in [-0.15, -0.1) is 0 Å². The Hall–Kier alpha value is -1.34. The zero-order valence-electron chi connectivity index (χ0n) is 13.6. The van der Waals surface area contributed by atoms with Gasteiger partial charge in [0.05, 0.1) is 12.6 Å². The SMILES string of the molecule is CC(C)(C)OC(=O)N1SOC[C@@H]1Cc1ccc(C(C)(F)F)cc1. The first-order chi connectivity index (χ1) is 10.6. The summed E-state index contributed by atoms with van der Waals surface area (Å²) in [6.45, 7) is 6.63. The number of nitrogens with zero attached hydrogens (tertiary/aromatic N) is 1. The Kier molecular flexibility index (Phi) is 5.20. The van der Waals surface area contributed by atoms with Crippen LogP contribution < -0.4 is 0 Å². The fourth-order valence-electron chi connectivity index (χ4n) is 2.13. The summed E-state index contributed by atoms with van der Waals surface area (Å²) < 4.78 is 38.5. The first-order valence-electron chi connectivity index (χ1n) is 7.35. The maximum absolute atomic E-state index is 13.2. The van der Waals surface area contributed by atoms with Crippen LogP contribution in [0.15, 0.2) is 24.3 Å². The summed E-state index contributed by atoms with van der Waals surface area (Å²) in [5, 5.41) is 0. The van der Waals surface area contributed by atoms with Gasteiger partial charge in [-0.2, -0.15) is 0 Å². The predicted octanol–water partition coefficient (Wildman–Crippen LogP) is 4.54. The molecule has 1 heterocycles. The molecule has 4 nitrogen and oxygen atoms in total. The summed E-state index contributed by atoms with van der Waals surface area (Å²) in [4.78, 5) is 12.2. The second-order valence-electron chi connectivity index (χ2n) is 6.61. The van der Waals surface area contributed by atoms with Gasteiger partial charge in [0.15, 0.2) is 0 Å². The van der Waals surface area contributed by atoms with Crippen LogP contribution in [0.25, 0.3) is 0 Å². The van der Waals surface area contributed by atoms with Gasteiger partial charge in [0.25, 0.3) is 5.92 Å². The largest absolute Gasteiger partial charge is 0.443 e. The highest BCUT2D eigenvalue weighted by molar-refractivity contribution is 7.93. The lowest BCUT2D eigenvalue weighted by atomic mass is 10.0. The van der Waals surface area contributed by atoms with Gasteiger partial charge >= 0.3 is 6.09 Å². The number of benzene rings is 1. The third-order valence-corrected chi connectivity index (χ3v) is 4.08. The number of rotatable bonds is 3. The van der Waals surface area contributed by atoms with Crippen LogP contribution in [-0.2, 0) is 21.3 Å². The maximum Gasteiger partial charge on any atom is 0.422 e. The topological polar surface area (TPSA) is 38.8 Å². The molecule has 0 saturated carbocycles. The van der Waals surface area contributed by atoms with Gasteiger partial charge in [0, 0.05) is 12.5 Å². The summed E-state index contributed by atoms with van der Waals surface area (Å²) in [6.07, 6.45) is 0.0589. The van der Waals surface area contributed by atoms with Crippen molar-refractivity contribution in [3.05, 3.63) is 35.4 Å². The summed E-state index contributed by atoms with van der Waals surface area (Å²) in [6, 6.07) is 5.95. The fourth-order valence-corrected chi connectivity index (χ4v) is 2.81. The molecule has 1 fully saturated rings. The molecule has 1 saturated heterocycles. The van der Waals surface area contributed by atoms with E-state index in [1.54, 1.807) is 32.9 Å². The predicted molar refractivity (Wildman–Crippen MR) is 85.1 cm³/mol. The molecule has 1 aliphatic rings. The molecular formula is C16H21F2NO3S. The van der Waals surface area contributed by atoms with Crippen molar-refractivity contribution in [2.75, 3.05) is 6.61 Å². The summed E-state index contributed by atoms with van der Waals surface area (Å²) in [5.74, 6) is -2.85. The van der Waals surface area contributed by atoms with Gasteiger partial charge in [-0.25, -0.2) is 17.9 Å². The number of hydrogen-bond acceptors (Lipinski definition) is 4. The van der Waals surface area contributed by atoms with E-state index in [1.165, 1.54) is 16.4 Å². The maximum atomic E-state index is 13.2. The number of halogens is 2. The van der Waals surface area contributed by atoms with Crippen LogP contribution in [0.5, 0.6) is 0 Å². The van der Waals surface area contributed by atoms with E-state index in [1.807, 2.05) is 0 Å². The van der Waals surface area contributed by atoms with E-state index in [9.17, 15) is 13.6 Å². The molecule has 0 N–H and O–H groups in total. The lowest BCUT2D eigenvalue weighted by molar-refractivity contribution is 0.0174. The molecule has 1 aromatic rings. The van der Waals surface area contributed by atoms with Crippen molar-refractivity contribution < 1.29 is 22.5 Å². The van der Waals surface area contributed by atoms with E-state index in [0.717, 1.165) is 24.7 Å². The van der Waals surface area contributed by atoms with Crippen LogP contribution in [0.1, 0.15) is 38.8 Å². The minimum absolute atomic E-state index is 0.0257. The second kappa shape index (κ2) is 6.65. The zero-order valence-corrected chi connectivity index (χ0v) is 14.5. The Bertz CT molecular complexity index is 552. The summed E-state index contributed by atoms with van der Waals surface area (Å²) >= 11 is 0.965. The third kappa shape index (κ3) is 5.07. The zero-order chi connectivity index (χ0) is 17.3. The van der Waals surface area contributed by atoms with Crippen LogP contribution in [0.3, 0.4) is 0 Å². The number of hydrogen-bond donors (Lipinski definition) is 0. The Morgan fingerprint density at radius 2 is 1.91 bits per heavy atom. The highest BCUT2D eigenvalue weighted by Crippen LogP contribution is 2.30. The molecule has 0 aromatic heterocycles. The van der Waals surface area contributed by atoms with Crippen molar-refractivity contribution in [1.29, 1.82) is 0 Å². The molecule has 0 bridgehead atoms. The average Bonchev–Trinajstić information content (AvgIpc) is 2.84. The van der Waals surface area contributed by atoms with E-state index < -0.39 is 17.6 Å². The van der Waals surface area contributed by atoms with Crippen molar-refractivity contribution in [3.8, 4) is 0 Å². The van der Waals surface area contributed by atoms with Gasteiger partial charge in [-0.1, -0.05) is 24.3 Å². The lowest BCUT2D eigenvalue weighted by Crippen LogP contribution is -2.38.